The van der Waals surface area contributed by atoms with Crippen LogP contribution in [0.2, 0.25) is 0 Å². The number of carbonyl (C=O) groups excluding carboxylic acids is 2. The number of fused-ring (bicyclic) bond motifs is 1. The molecule has 1 aromatic carbocycles. The van der Waals surface area contributed by atoms with Crippen molar-refractivity contribution in [3.8, 4) is 0 Å². The van der Waals surface area contributed by atoms with Gasteiger partial charge in [-0.1, -0.05) is 12.1 Å². The lowest BCUT2D eigenvalue weighted by Gasteiger charge is -2.07. The van der Waals surface area contributed by atoms with Crippen LogP contribution in [0.5, 0.6) is 0 Å². The van der Waals surface area contributed by atoms with E-state index in [0.717, 1.165) is 30.3 Å². The third-order valence-corrected chi connectivity index (χ3v) is 3.67. The topological polar surface area (TPSA) is 39.1 Å². The van der Waals surface area contributed by atoms with E-state index >= 15 is 0 Å². The Morgan fingerprint density at radius 2 is 2.11 bits per heavy atom. The number of aromatic nitrogens is 1. The molecule has 0 amide bonds. The molecule has 19 heavy (non-hydrogen) atoms. The van der Waals surface area contributed by atoms with Gasteiger partial charge in [-0.2, -0.15) is 0 Å². The lowest BCUT2D eigenvalue weighted by molar-refractivity contribution is -0.107. The van der Waals surface area contributed by atoms with Crippen LogP contribution in [0.1, 0.15) is 41.9 Å². The molecule has 0 saturated carbocycles. The van der Waals surface area contributed by atoms with Gasteiger partial charge in [0.25, 0.3) is 0 Å². The Bertz CT molecular complexity index is 638. The summed E-state index contributed by atoms with van der Waals surface area (Å²) >= 11 is 0. The maximum absolute atomic E-state index is 11.5. The molecule has 0 N–H and O–H groups in total. The molecule has 0 atom stereocenters. The summed E-state index contributed by atoms with van der Waals surface area (Å²) in [6.45, 7) is 6.60. The minimum atomic E-state index is 0.0813. The Morgan fingerprint density at radius 1 is 1.37 bits per heavy atom. The van der Waals surface area contributed by atoms with E-state index in [4.69, 9.17) is 0 Å². The van der Waals surface area contributed by atoms with Crippen molar-refractivity contribution in [3.05, 3.63) is 35.0 Å². The fourth-order valence-corrected chi connectivity index (χ4v) is 2.67. The molecule has 3 heteroatoms. The number of hydrogen-bond donors (Lipinski definition) is 0. The van der Waals surface area contributed by atoms with Gasteiger partial charge in [-0.25, -0.2) is 0 Å². The van der Waals surface area contributed by atoms with E-state index in [2.05, 4.69) is 18.4 Å². The zero-order valence-corrected chi connectivity index (χ0v) is 11.7. The van der Waals surface area contributed by atoms with Gasteiger partial charge in [0.15, 0.2) is 5.78 Å². The highest BCUT2D eigenvalue weighted by Crippen LogP contribution is 2.27. The molecule has 1 heterocycles. The summed E-state index contributed by atoms with van der Waals surface area (Å²) in [6, 6.07) is 5.84. The normalized spacial score (nSPS) is 10.9. The van der Waals surface area contributed by atoms with Crippen LogP contribution in [0.25, 0.3) is 10.9 Å². The maximum atomic E-state index is 11.5. The third kappa shape index (κ3) is 2.33. The van der Waals surface area contributed by atoms with Crippen molar-refractivity contribution in [2.24, 2.45) is 0 Å². The van der Waals surface area contributed by atoms with E-state index in [1.165, 1.54) is 16.6 Å². The molecule has 0 radical (unpaired) electrons. The maximum Gasteiger partial charge on any atom is 0.159 e. The second-order valence-corrected chi connectivity index (χ2v) is 4.81. The highest BCUT2D eigenvalue weighted by atomic mass is 16.1. The van der Waals surface area contributed by atoms with Crippen LogP contribution in [0.3, 0.4) is 0 Å². The molecule has 0 saturated heterocycles. The van der Waals surface area contributed by atoms with Gasteiger partial charge in [-0.15, -0.1) is 0 Å². The Hall–Kier alpha value is -1.90. The molecule has 0 aliphatic carbocycles. The van der Waals surface area contributed by atoms with Crippen LogP contribution in [0.4, 0.5) is 0 Å². The van der Waals surface area contributed by atoms with Crippen molar-refractivity contribution in [2.75, 3.05) is 0 Å². The van der Waals surface area contributed by atoms with Crippen molar-refractivity contribution in [1.29, 1.82) is 0 Å². The van der Waals surface area contributed by atoms with E-state index in [-0.39, 0.29) is 5.78 Å². The summed E-state index contributed by atoms with van der Waals surface area (Å²) in [4.78, 5) is 22.1. The monoisotopic (exact) mass is 257 g/mol. The second-order valence-electron chi connectivity index (χ2n) is 4.81. The molecule has 0 bridgehead atoms. The summed E-state index contributed by atoms with van der Waals surface area (Å²) in [5.41, 5.74) is 4.24. The Balaban J connectivity index is 2.66. The number of aryl methyl sites for hydroxylation is 2. The fraction of sp³-hybridized carbons (Fsp3) is 0.375. The predicted molar refractivity (Wildman–Crippen MR) is 76.7 cm³/mol. The van der Waals surface area contributed by atoms with E-state index in [1.54, 1.807) is 6.92 Å². The number of nitrogens with zero attached hydrogens (tertiary/aromatic N) is 1. The Kier molecular flexibility index (Phi) is 3.84. The minimum absolute atomic E-state index is 0.0813. The summed E-state index contributed by atoms with van der Waals surface area (Å²) in [5, 5.41) is 1.17. The van der Waals surface area contributed by atoms with E-state index < -0.39 is 0 Å². The third-order valence-electron chi connectivity index (χ3n) is 3.67. The zero-order valence-electron chi connectivity index (χ0n) is 11.7. The average molecular weight is 257 g/mol. The number of ketones is 1. The van der Waals surface area contributed by atoms with Crippen molar-refractivity contribution < 1.29 is 9.59 Å². The molecular formula is C16H19NO2. The summed E-state index contributed by atoms with van der Waals surface area (Å²) < 4.78 is 2.21. The van der Waals surface area contributed by atoms with Crippen molar-refractivity contribution in [3.63, 3.8) is 0 Å². The fourth-order valence-electron chi connectivity index (χ4n) is 2.67. The van der Waals surface area contributed by atoms with Crippen molar-refractivity contribution in [1.82, 2.24) is 4.57 Å². The molecule has 3 nitrogen and oxygen atoms in total. The first-order valence-corrected chi connectivity index (χ1v) is 6.66. The van der Waals surface area contributed by atoms with Gasteiger partial charge >= 0.3 is 0 Å². The Morgan fingerprint density at radius 3 is 2.68 bits per heavy atom. The Labute approximate surface area is 113 Å². The van der Waals surface area contributed by atoms with Gasteiger partial charge in [-0.05, 0) is 38.8 Å². The molecule has 2 aromatic rings. The average Bonchev–Trinajstić information content (AvgIpc) is 2.68. The highest BCUT2D eigenvalue weighted by molar-refractivity contribution is 5.98. The highest BCUT2D eigenvalue weighted by Gasteiger charge is 2.14. The van der Waals surface area contributed by atoms with Crippen LogP contribution in [-0.4, -0.2) is 16.6 Å². The van der Waals surface area contributed by atoms with Gasteiger partial charge in [0.05, 0.1) is 0 Å². The molecular weight excluding hydrogens is 238 g/mol. The lowest BCUT2D eigenvalue weighted by Crippen LogP contribution is -2.02. The minimum Gasteiger partial charge on any atom is -0.345 e. The lowest BCUT2D eigenvalue weighted by atomic mass is 10.1. The van der Waals surface area contributed by atoms with Crippen LogP contribution in [0, 0.1) is 6.92 Å². The predicted octanol–water partition coefficient (Wildman–Crippen LogP) is 3.30. The number of benzene rings is 1. The van der Waals surface area contributed by atoms with Gasteiger partial charge in [-0.3, -0.25) is 4.79 Å². The van der Waals surface area contributed by atoms with Crippen molar-refractivity contribution >= 4 is 23.0 Å². The summed E-state index contributed by atoms with van der Waals surface area (Å²) in [5.74, 6) is 0.0813. The van der Waals surface area contributed by atoms with Crippen LogP contribution < -0.4 is 0 Å². The van der Waals surface area contributed by atoms with Gasteiger partial charge in [0.1, 0.15) is 6.29 Å². The van der Waals surface area contributed by atoms with Crippen molar-refractivity contribution in [2.45, 2.75) is 40.2 Å². The van der Waals surface area contributed by atoms with E-state index in [1.807, 2.05) is 18.2 Å². The molecule has 0 spiro atoms. The first-order chi connectivity index (χ1) is 9.10. The zero-order chi connectivity index (χ0) is 14.0. The van der Waals surface area contributed by atoms with Crippen LogP contribution in [-0.2, 0) is 17.8 Å². The van der Waals surface area contributed by atoms with E-state index in [9.17, 15) is 9.59 Å². The summed E-state index contributed by atoms with van der Waals surface area (Å²) in [7, 11) is 0. The SMILES string of the molecule is CCn1c(CCC=O)c(C)c2ccc(C(C)=O)cc21. The summed E-state index contributed by atoms with van der Waals surface area (Å²) in [6.07, 6.45) is 2.25. The van der Waals surface area contributed by atoms with Gasteiger partial charge in [0.2, 0.25) is 0 Å². The number of Topliss-reactive ketones (excluding diaryl/α,β-unsaturated/α-hetero) is 1. The number of hydrogen-bond acceptors (Lipinski definition) is 2. The molecule has 0 unspecified atom stereocenters. The molecule has 0 aliphatic heterocycles. The number of aldehydes is 1. The van der Waals surface area contributed by atoms with Gasteiger partial charge < -0.3 is 9.36 Å². The smallest absolute Gasteiger partial charge is 0.159 e. The van der Waals surface area contributed by atoms with Gasteiger partial charge in [0, 0.05) is 35.1 Å². The molecule has 0 aliphatic rings. The first kappa shape index (κ1) is 13.5. The number of carbonyl (C=O) groups is 2. The molecule has 1 aromatic heterocycles. The standard InChI is InChI=1S/C16H19NO2/c1-4-17-15(6-5-9-18)11(2)14-8-7-13(12(3)19)10-16(14)17/h7-10H,4-6H2,1-3H3. The van der Waals surface area contributed by atoms with Crippen LogP contribution in [0.15, 0.2) is 18.2 Å². The molecule has 0 fully saturated rings. The quantitative estimate of drug-likeness (QED) is 0.609. The second kappa shape index (κ2) is 5.39. The molecule has 100 valence electrons. The molecule has 2 rings (SSSR count). The van der Waals surface area contributed by atoms with E-state index in [0.29, 0.717) is 6.42 Å². The largest absolute Gasteiger partial charge is 0.345 e. The number of rotatable bonds is 5. The first-order valence-electron chi connectivity index (χ1n) is 6.66. The van der Waals surface area contributed by atoms with Crippen LogP contribution >= 0.6 is 0 Å².